The maximum atomic E-state index is 12.0. The maximum absolute atomic E-state index is 12.0. The van der Waals surface area contributed by atoms with E-state index in [1.807, 2.05) is 37.1 Å². The Bertz CT molecular complexity index is 497. The van der Waals surface area contributed by atoms with Crippen LogP contribution in [0.2, 0.25) is 0 Å². The summed E-state index contributed by atoms with van der Waals surface area (Å²) in [6.07, 6.45) is 1.86. The largest absolute Gasteiger partial charge is 0.319 e. The number of hydrogen-bond donors (Lipinski definition) is 1. The Kier molecular flexibility index (Phi) is 4.32. The number of amides is 1. The third-order valence-corrected chi connectivity index (χ3v) is 3.50. The summed E-state index contributed by atoms with van der Waals surface area (Å²) in [6, 6.07) is 5.68. The Hall–Kier alpha value is -1.68. The Balaban J connectivity index is 2.18. The van der Waals surface area contributed by atoms with Crippen molar-refractivity contribution >= 4 is 17.4 Å². The van der Waals surface area contributed by atoms with Crippen LogP contribution in [0.25, 0.3) is 0 Å². The summed E-state index contributed by atoms with van der Waals surface area (Å²) in [7, 11) is 1.84. The molecule has 0 saturated carbocycles. The molecule has 0 bridgehead atoms. The second kappa shape index (κ2) is 5.97. The summed E-state index contributed by atoms with van der Waals surface area (Å²) in [6.45, 7) is 3.29. The number of rotatable bonds is 5. The molecule has 4 nitrogen and oxygen atoms in total. The molecule has 1 aromatic carbocycles. The SMILES string of the molecule is CCC(=O)N1CCc2cc(C(=O)CCNC)ccc21. The van der Waals surface area contributed by atoms with E-state index in [2.05, 4.69) is 5.32 Å². The van der Waals surface area contributed by atoms with E-state index < -0.39 is 0 Å². The topological polar surface area (TPSA) is 49.4 Å². The lowest BCUT2D eigenvalue weighted by molar-refractivity contribution is -0.118. The first-order chi connectivity index (χ1) is 9.17. The zero-order valence-electron chi connectivity index (χ0n) is 11.5. The Morgan fingerprint density at radius 2 is 2.16 bits per heavy atom. The van der Waals surface area contributed by atoms with Crippen LogP contribution in [0.5, 0.6) is 0 Å². The lowest BCUT2D eigenvalue weighted by Crippen LogP contribution is -2.27. The molecule has 19 heavy (non-hydrogen) atoms. The molecule has 1 amide bonds. The van der Waals surface area contributed by atoms with Gasteiger partial charge in [0.1, 0.15) is 0 Å². The average molecular weight is 260 g/mol. The fraction of sp³-hybridized carbons (Fsp3) is 0.467. The van der Waals surface area contributed by atoms with Crippen molar-refractivity contribution in [3.05, 3.63) is 29.3 Å². The number of carbonyl (C=O) groups excluding carboxylic acids is 2. The van der Waals surface area contributed by atoms with Crippen molar-refractivity contribution < 1.29 is 9.59 Å². The van der Waals surface area contributed by atoms with Crippen molar-refractivity contribution in [2.75, 3.05) is 25.0 Å². The number of Topliss-reactive ketones (excluding diaryl/α,β-unsaturated/α-hetero) is 1. The number of hydrogen-bond acceptors (Lipinski definition) is 3. The van der Waals surface area contributed by atoms with Gasteiger partial charge in [0.2, 0.25) is 5.91 Å². The van der Waals surface area contributed by atoms with E-state index in [0.717, 1.165) is 29.8 Å². The minimum absolute atomic E-state index is 0.146. The van der Waals surface area contributed by atoms with Gasteiger partial charge in [0.25, 0.3) is 0 Å². The van der Waals surface area contributed by atoms with E-state index in [9.17, 15) is 9.59 Å². The van der Waals surface area contributed by atoms with Crippen molar-refractivity contribution in [1.29, 1.82) is 0 Å². The summed E-state index contributed by atoms with van der Waals surface area (Å²) >= 11 is 0. The highest BCUT2D eigenvalue weighted by Crippen LogP contribution is 2.29. The number of nitrogens with zero attached hydrogens (tertiary/aromatic N) is 1. The molecule has 4 heteroatoms. The highest BCUT2D eigenvalue weighted by molar-refractivity contribution is 5.99. The van der Waals surface area contributed by atoms with Crippen molar-refractivity contribution in [1.82, 2.24) is 5.32 Å². The number of benzene rings is 1. The number of anilines is 1. The van der Waals surface area contributed by atoms with Gasteiger partial charge in [-0.2, -0.15) is 0 Å². The molecule has 0 fully saturated rings. The van der Waals surface area contributed by atoms with Gasteiger partial charge < -0.3 is 10.2 Å². The predicted octanol–water partition coefficient (Wildman–Crippen LogP) is 1.78. The van der Waals surface area contributed by atoms with E-state index in [1.165, 1.54) is 0 Å². The molecule has 102 valence electrons. The van der Waals surface area contributed by atoms with Gasteiger partial charge in [0, 0.05) is 37.2 Å². The summed E-state index contributed by atoms with van der Waals surface area (Å²) in [5.41, 5.74) is 2.83. The van der Waals surface area contributed by atoms with E-state index in [0.29, 0.717) is 19.4 Å². The van der Waals surface area contributed by atoms with E-state index >= 15 is 0 Å². The predicted molar refractivity (Wildman–Crippen MR) is 75.7 cm³/mol. The van der Waals surface area contributed by atoms with Gasteiger partial charge in [-0.3, -0.25) is 9.59 Å². The third kappa shape index (κ3) is 2.84. The minimum Gasteiger partial charge on any atom is -0.319 e. The molecule has 1 heterocycles. The molecule has 2 rings (SSSR count). The first kappa shape index (κ1) is 13.7. The highest BCUT2D eigenvalue weighted by Gasteiger charge is 2.24. The smallest absolute Gasteiger partial charge is 0.226 e. The van der Waals surface area contributed by atoms with E-state index in [4.69, 9.17) is 0 Å². The van der Waals surface area contributed by atoms with Crippen LogP contribution in [0.3, 0.4) is 0 Å². The van der Waals surface area contributed by atoms with Gasteiger partial charge in [-0.1, -0.05) is 6.92 Å². The summed E-state index contributed by atoms with van der Waals surface area (Å²) < 4.78 is 0. The molecule has 0 radical (unpaired) electrons. The summed E-state index contributed by atoms with van der Waals surface area (Å²) in [4.78, 5) is 25.6. The van der Waals surface area contributed by atoms with E-state index in [-0.39, 0.29) is 11.7 Å². The van der Waals surface area contributed by atoms with Gasteiger partial charge in [0.15, 0.2) is 5.78 Å². The standard InChI is InChI=1S/C15H20N2O2/c1-3-15(19)17-9-7-11-10-12(4-5-13(11)17)14(18)6-8-16-2/h4-5,10,16H,3,6-9H2,1-2H3. The zero-order chi connectivity index (χ0) is 13.8. The van der Waals surface area contributed by atoms with Crippen LogP contribution in [0.4, 0.5) is 5.69 Å². The fourth-order valence-corrected chi connectivity index (χ4v) is 2.41. The molecular weight excluding hydrogens is 240 g/mol. The van der Waals surface area contributed by atoms with Gasteiger partial charge >= 0.3 is 0 Å². The molecule has 1 aromatic rings. The van der Waals surface area contributed by atoms with E-state index in [1.54, 1.807) is 0 Å². The van der Waals surface area contributed by atoms with Crippen LogP contribution in [0, 0.1) is 0 Å². The average Bonchev–Trinajstić information content (AvgIpc) is 2.86. The molecule has 0 unspecified atom stereocenters. The quantitative estimate of drug-likeness (QED) is 0.821. The lowest BCUT2D eigenvalue weighted by Gasteiger charge is -2.16. The maximum Gasteiger partial charge on any atom is 0.226 e. The minimum atomic E-state index is 0.146. The van der Waals surface area contributed by atoms with Crippen molar-refractivity contribution in [2.24, 2.45) is 0 Å². The van der Waals surface area contributed by atoms with Gasteiger partial charge in [-0.15, -0.1) is 0 Å². The van der Waals surface area contributed by atoms with Crippen LogP contribution in [0.1, 0.15) is 35.7 Å². The molecule has 0 atom stereocenters. The fourth-order valence-electron chi connectivity index (χ4n) is 2.41. The number of nitrogens with one attached hydrogen (secondary N) is 1. The molecule has 1 aliphatic heterocycles. The number of carbonyl (C=O) groups is 2. The van der Waals surface area contributed by atoms with Crippen LogP contribution in [-0.4, -0.2) is 31.8 Å². The molecule has 1 aliphatic rings. The molecule has 0 aliphatic carbocycles. The monoisotopic (exact) mass is 260 g/mol. The molecular formula is C15H20N2O2. The second-order valence-corrected chi connectivity index (χ2v) is 4.77. The van der Waals surface area contributed by atoms with Crippen LogP contribution in [-0.2, 0) is 11.2 Å². The Morgan fingerprint density at radius 3 is 2.84 bits per heavy atom. The Morgan fingerprint density at radius 1 is 1.37 bits per heavy atom. The van der Waals surface area contributed by atoms with Crippen LogP contribution in [0.15, 0.2) is 18.2 Å². The third-order valence-electron chi connectivity index (χ3n) is 3.50. The Labute approximate surface area is 113 Å². The van der Waals surface area contributed by atoms with Gasteiger partial charge in [-0.25, -0.2) is 0 Å². The molecule has 0 spiro atoms. The number of ketones is 1. The van der Waals surface area contributed by atoms with Gasteiger partial charge in [0.05, 0.1) is 0 Å². The first-order valence-electron chi connectivity index (χ1n) is 6.78. The molecule has 0 aromatic heterocycles. The molecule has 0 saturated heterocycles. The summed E-state index contributed by atoms with van der Waals surface area (Å²) in [5, 5.41) is 2.98. The zero-order valence-corrected chi connectivity index (χ0v) is 11.5. The van der Waals surface area contributed by atoms with Crippen molar-refractivity contribution in [3.63, 3.8) is 0 Å². The van der Waals surface area contributed by atoms with Gasteiger partial charge in [-0.05, 0) is 37.2 Å². The van der Waals surface area contributed by atoms with Crippen molar-refractivity contribution in [3.8, 4) is 0 Å². The highest BCUT2D eigenvalue weighted by atomic mass is 16.2. The second-order valence-electron chi connectivity index (χ2n) is 4.77. The lowest BCUT2D eigenvalue weighted by atomic mass is 10.0. The number of fused-ring (bicyclic) bond motifs is 1. The van der Waals surface area contributed by atoms with Crippen LogP contribution >= 0.6 is 0 Å². The first-order valence-corrected chi connectivity index (χ1v) is 6.78. The molecule has 1 N–H and O–H groups in total. The van der Waals surface area contributed by atoms with Crippen molar-refractivity contribution in [2.45, 2.75) is 26.2 Å². The summed E-state index contributed by atoms with van der Waals surface area (Å²) in [5.74, 6) is 0.297. The van der Waals surface area contributed by atoms with Crippen LogP contribution < -0.4 is 10.2 Å². The normalized spacial score (nSPS) is 13.5.